The highest BCUT2D eigenvalue weighted by Gasteiger charge is 2.09. The van der Waals surface area contributed by atoms with Gasteiger partial charge in [-0.15, -0.1) is 0 Å². The van der Waals surface area contributed by atoms with E-state index in [4.69, 9.17) is 4.74 Å². The number of aromatic nitrogens is 1. The second kappa shape index (κ2) is 2.77. The van der Waals surface area contributed by atoms with Crippen molar-refractivity contribution < 1.29 is 4.74 Å². The Morgan fingerprint density at radius 2 is 2.42 bits per heavy atom. The zero-order valence-corrected chi connectivity index (χ0v) is 6.79. The lowest BCUT2D eigenvalue weighted by Crippen LogP contribution is -2.03. The van der Waals surface area contributed by atoms with E-state index in [2.05, 4.69) is 10.3 Å². The van der Waals surface area contributed by atoms with Crippen LogP contribution < -0.4 is 10.1 Å². The molecular weight excluding hydrogens is 152 g/mol. The summed E-state index contributed by atoms with van der Waals surface area (Å²) in [7, 11) is 0. The summed E-state index contributed by atoms with van der Waals surface area (Å²) in [6.07, 6.45) is 7.50. The fourth-order valence-corrected chi connectivity index (χ4v) is 1.10. The quantitative estimate of drug-likeness (QED) is 0.664. The van der Waals surface area contributed by atoms with Gasteiger partial charge in [-0.25, -0.2) is 0 Å². The van der Waals surface area contributed by atoms with E-state index in [0.717, 1.165) is 17.3 Å². The van der Waals surface area contributed by atoms with Crippen molar-refractivity contribution in [1.82, 2.24) is 4.98 Å². The Balaban J connectivity index is 2.23. The molecule has 0 aliphatic carbocycles. The largest absolute Gasteiger partial charge is 0.452 e. The molecule has 2 rings (SSSR count). The van der Waals surface area contributed by atoms with Crippen LogP contribution in [0.1, 0.15) is 6.92 Å². The number of rotatable bonds is 1. The van der Waals surface area contributed by atoms with E-state index in [-0.39, 0.29) is 0 Å². The average molecular weight is 162 g/mol. The molecule has 3 heteroatoms. The third-order valence-corrected chi connectivity index (χ3v) is 1.63. The van der Waals surface area contributed by atoms with Crippen LogP contribution in [0.5, 0.6) is 5.75 Å². The molecule has 1 aliphatic heterocycles. The standard InChI is InChI=1S/C9H10N2O/c1-2-3-7-6-11-9-8(12-7)4-5-10-9/h2-6,10-11H,1H3/b3-2+. The number of ether oxygens (including phenoxy) is 1. The van der Waals surface area contributed by atoms with Gasteiger partial charge < -0.3 is 15.0 Å². The molecule has 3 nitrogen and oxygen atoms in total. The molecule has 0 fully saturated rings. The van der Waals surface area contributed by atoms with Crippen LogP contribution >= 0.6 is 0 Å². The molecule has 0 saturated heterocycles. The second-order valence-corrected chi connectivity index (χ2v) is 2.51. The first kappa shape index (κ1) is 7.03. The highest BCUT2D eigenvalue weighted by molar-refractivity contribution is 5.56. The summed E-state index contributed by atoms with van der Waals surface area (Å²) >= 11 is 0. The van der Waals surface area contributed by atoms with E-state index in [9.17, 15) is 0 Å². The van der Waals surface area contributed by atoms with Crippen molar-refractivity contribution in [2.75, 3.05) is 5.32 Å². The van der Waals surface area contributed by atoms with Crippen molar-refractivity contribution in [2.24, 2.45) is 0 Å². The van der Waals surface area contributed by atoms with E-state index in [1.54, 1.807) is 0 Å². The van der Waals surface area contributed by atoms with E-state index in [1.165, 1.54) is 0 Å². The summed E-state index contributed by atoms with van der Waals surface area (Å²) < 4.78 is 5.49. The number of aromatic amines is 1. The van der Waals surface area contributed by atoms with Crippen molar-refractivity contribution in [1.29, 1.82) is 0 Å². The number of allylic oxidation sites excluding steroid dienone is 2. The van der Waals surface area contributed by atoms with E-state index in [0.29, 0.717) is 0 Å². The van der Waals surface area contributed by atoms with Gasteiger partial charge >= 0.3 is 0 Å². The molecular formula is C9H10N2O. The van der Waals surface area contributed by atoms with Crippen molar-refractivity contribution in [2.45, 2.75) is 6.92 Å². The highest BCUT2D eigenvalue weighted by Crippen LogP contribution is 2.27. The van der Waals surface area contributed by atoms with Crippen molar-refractivity contribution >= 4 is 5.82 Å². The number of anilines is 1. The third kappa shape index (κ3) is 1.09. The molecule has 0 aromatic carbocycles. The van der Waals surface area contributed by atoms with Gasteiger partial charge in [0.15, 0.2) is 11.6 Å². The molecule has 0 bridgehead atoms. The number of hydrogen-bond acceptors (Lipinski definition) is 2. The Morgan fingerprint density at radius 3 is 3.25 bits per heavy atom. The SMILES string of the molecule is C/C=C/C1=CNc2[nH]ccc2O1. The molecule has 0 saturated carbocycles. The van der Waals surface area contributed by atoms with Gasteiger partial charge in [0.25, 0.3) is 0 Å². The highest BCUT2D eigenvalue weighted by atomic mass is 16.5. The minimum absolute atomic E-state index is 0.824. The molecule has 1 aromatic rings. The van der Waals surface area contributed by atoms with E-state index < -0.39 is 0 Å². The molecule has 0 unspecified atom stereocenters. The monoisotopic (exact) mass is 162 g/mol. The average Bonchev–Trinajstić information content (AvgIpc) is 2.51. The van der Waals surface area contributed by atoms with Crippen LogP contribution in [0, 0.1) is 0 Å². The molecule has 62 valence electrons. The molecule has 1 aromatic heterocycles. The number of fused-ring (bicyclic) bond motifs is 1. The summed E-state index contributed by atoms with van der Waals surface area (Å²) in [6, 6.07) is 1.89. The Hall–Kier alpha value is -1.64. The zero-order valence-electron chi connectivity index (χ0n) is 6.79. The predicted octanol–water partition coefficient (Wildman–Crippen LogP) is 2.24. The number of hydrogen-bond donors (Lipinski definition) is 2. The molecule has 2 N–H and O–H groups in total. The van der Waals surface area contributed by atoms with Crippen LogP contribution in [0.4, 0.5) is 5.82 Å². The van der Waals surface area contributed by atoms with Gasteiger partial charge in [0.1, 0.15) is 5.76 Å². The fourth-order valence-electron chi connectivity index (χ4n) is 1.10. The van der Waals surface area contributed by atoms with Gasteiger partial charge in [-0.1, -0.05) is 6.08 Å². The van der Waals surface area contributed by atoms with E-state index >= 15 is 0 Å². The lowest BCUT2D eigenvalue weighted by Gasteiger charge is -2.12. The fraction of sp³-hybridized carbons (Fsp3) is 0.111. The van der Waals surface area contributed by atoms with Crippen LogP contribution in [0.15, 0.2) is 36.4 Å². The van der Waals surface area contributed by atoms with E-state index in [1.807, 2.05) is 37.5 Å². The van der Waals surface area contributed by atoms with Crippen LogP contribution in [-0.4, -0.2) is 4.98 Å². The molecule has 1 aliphatic rings. The topological polar surface area (TPSA) is 37.0 Å². The molecule has 0 atom stereocenters. The minimum Gasteiger partial charge on any atom is -0.452 e. The molecule has 12 heavy (non-hydrogen) atoms. The van der Waals surface area contributed by atoms with Crippen LogP contribution in [0.3, 0.4) is 0 Å². The summed E-state index contributed by atoms with van der Waals surface area (Å²) in [5, 5.41) is 3.08. The van der Waals surface area contributed by atoms with Crippen molar-refractivity contribution in [3.63, 3.8) is 0 Å². The van der Waals surface area contributed by atoms with Gasteiger partial charge in [-0.2, -0.15) is 0 Å². The summed E-state index contributed by atoms with van der Waals surface area (Å²) in [5.74, 6) is 2.57. The summed E-state index contributed by atoms with van der Waals surface area (Å²) in [4.78, 5) is 3.02. The van der Waals surface area contributed by atoms with Crippen molar-refractivity contribution in [3.8, 4) is 5.75 Å². The smallest absolute Gasteiger partial charge is 0.169 e. The summed E-state index contributed by atoms with van der Waals surface area (Å²) in [6.45, 7) is 1.96. The van der Waals surface area contributed by atoms with Crippen LogP contribution in [0.2, 0.25) is 0 Å². The Labute approximate surface area is 70.7 Å². The maximum atomic E-state index is 5.49. The normalized spacial score (nSPS) is 14.9. The lowest BCUT2D eigenvalue weighted by atomic mass is 10.4. The van der Waals surface area contributed by atoms with Gasteiger partial charge in [0.2, 0.25) is 0 Å². The number of nitrogens with one attached hydrogen (secondary N) is 2. The van der Waals surface area contributed by atoms with Crippen LogP contribution in [-0.2, 0) is 0 Å². The first-order valence-corrected chi connectivity index (χ1v) is 3.85. The third-order valence-electron chi connectivity index (χ3n) is 1.63. The molecule has 0 amide bonds. The van der Waals surface area contributed by atoms with Gasteiger partial charge in [-0.05, 0) is 13.0 Å². The van der Waals surface area contributed by atoms with Gasteiger partial charge in [0.05, 0.1) is 0 Å². The molecule has 0 radical (unpaired) electrons. The maximum Gasteiger partial charge on any atom is 0.169 e. The second-order valence-electron chi connectivity index (χ2n) is 2.51. The first-order valence-electron chi connectivity index (χ1n) is 3.85. The van der Waals surface area contributed by atoms with Crippen LogP contribution in [0.25, 0.3) is 0 Å². The van der Waals surface area contributed by atoms with Crippen molar-refractivity contribution in [3.05, 3.63) is 36.4 Å². The molecule has 2 heterocycles. The minimum atomic E-state index is 0.824. The lowest BCUT2D eigenvalue weighted by molar-refractivity contribution is 0.440. The van der Waals surface area contributed by atoms with Gasteiger partial charge in [-0.3, -0.25) is 0 Å². The Morgan fingerprint density at radius 1 is 1.50 bits per heavy atom. The maximum absolute atomic E-state index is 5.49. The number of H-pyrrole nitrogens is 1. The van der Waals surface area contributed by atoms with Gasteiger partial charge in [0, 0.05) is 18.5 Å². The predicted molar refractivity (Wildman–Crippen MR) is 47.9 cm³/mol. The Kier molecular flexibility index (Phi) is 1.63. The zero-order chi connectivity index (χ0) is 8.39. The first-order chi connectivity index (χ1) is 5.90. The molecule has 0 spiro atoms. The Bertz CT molecular complexity index is 336. The summed E-state index contributed by atoms with van der Waals surface area (Å²) in [5.41, 5.74) is 0.